The molecule has 51 heavy (non-hydrogen) atoms. The first kappa shape index (κ1) is 37.8. The van der Waals surface area contributed by atoms with Crippen molar-refractivity contribution in [3.8, 4) is 11.6 Å². The SMILES string of the molecule is C=CCCCCN(C)C(=O)[C@@H]1C[C@H](Oc2cc(-n3ccc(C(F)(F)F)n3)nc3c(Cl)c(CO)ccc23)CC1C(=O)N[C@]1(C(=O)OCC)C[C@H]1C=C. The summed E-state index contributed by atoms with van der Waals surface area (Å²) in [5, 5.41) is 16.8. The molecule has 0 spiro atoms. The van der Waals surface area contributed by atoms with Gasteiger partial charge < -0.3 is 24.8 Å². The standard InChI is InChI=1S/C36H41ClF3N5O6/c1-5-8-9-10-14-44(4)33(48)26-17-23(16-25(26)32(47)42-35(19-22(35)6-2)34(49)50-7-3)51-27-18-29(45-15-13-28(43-45)36(38,39)40)41-31-24(27)12-11-21(20-46)30(31)37/h5-6,11-13,15,18,22-23,25-26,46H,1-2,7-10,14,16-17,19-20H2,3-4H3,(H,42,47)/t22-,23-,25?,26-,35-/m1/s1. The van der Waals surface area contributed by atoms with E-state index in [0.29, 0.717) is 23.9 Å². The number of nitrogens with zero attached hydrogens (tertiary/aromatic N) is 4. The topological polar surface area (TPSA) is 136 Å². The number of rotatable bonds is 15. The molecule has 11 nitrogen and oxygen atoms in total. The lowest BCUT2D eigenvalue weighted by molar-refractivity contribution is -0.150. The highest BCUT2D eigenvalue weighted by Crippen LogP contribution is 2.47. The minimum absolute atomic E-state index is 0.0373. The van der Waals surface area contributed by atoms with Gasteiger partial charge in [0.05, 0.1) is 35.6 Å². The minimum Gasteiger partial charge on any atom is -0.490 e. The van der Waals surface area contributed by atoms with Gasteiger partial charge in [0.2, 0.25) is 11.8 Å². The Kier molecular flexibility index (Phi) is 11.4. The summed E-state index contributed by atoms with van der Waals surface area (Å²) in [4.78, 5) is 46.9. The molecule has 5 atom stereocenters. The molecule has 2 fully saturated rings. The van der Waals surface area contributed by atoms with E-state index in [1.54, 1.807) is 37.1 Å². The number of hydrogen-bond acceptors (Lipinski definition) is 8. The summed E-state index contributed by atoms with van der Waals surface area (Å²) < 4.78 is 52.9. The first-order chi connectivity index (χ1) is 24.3. The number of aliphatic hydroxyl groups is 1. The van der Waals surface area contributed by atoms with Crippen LogP contribution in [-0.2, 0) is 31.9 Å². The number of carbonyl (C=O) groups excluding carboxylic acids is 3. The van der Waals surface area contributed by atoms with Gasteiger partial charge in [-0.15, -0.1) is 13.2 Å². The predicted molar refractivity (Wildman–Crippen MR) is 183 cm³/mol. The Bertz CT molecular complexity index is 1820. The van der Waals surface area contributed by atoms with Gasteiger partial charge in [-0.2, -0.15) is 18.3 Å². The second kappa shape index (κ2) is 15.4. The van der Waals surface area contributed by atoms with Crippen LogP contribution in [0, 0.1) is 17.8 Å². The number of aliphatic hydroxyl groups excluding tert-OH is 1. The summed E-state index contributed by atoms with van der Waals surface area (Å²) in [5.74, 6) is -3.20. The molecular weight excluding hydrogens is 691 g/mol. The number of esters is 1. The molecule has 2 aliphatic carbocycles. The Morgan fingerprint density at radius 3 is 2.57 bits per heavy atom. The first-order valence-electron chi connectivity index (χ1n) is 16.8. The number of carbonyl (C=O) groups is 3. The van der Waals surface area contributed by atoms with Crippen molar-refractivity contribution in [2.75, 3.05) is 20.2 Å². The molecule has 2 heterocycles. The van der Waals surface area contributed by atoms with E-state index in [2.05, 4.69) is 28.6 Å². The molecule has 2 amide bonds. The van der Waals surface area contributed by atoms with Gasteiger partial charge in [0.15, 0.2) is 11.5 Å². The summed E-state index contributed by atoms with van der Waals surface area (Å²) in [6.45, 7) is 9.35. The molecule has 1 unspecified atom stereocenters. The molecule has 15 heteroatoms. The second-order valence-corrected chi connectivity index (χ2v) is 13.3. The summed E-state index contributed by atoms with van der Waals surface area (Å²) >= 11 is 6.59. The number of benzene rings is 1. The lowest BCUT2D eigenvalue weighted by Crippen LogP contribution is -2.50. The van der Waals surface area contributed by atoms with Crippen molar-refractivity contribution < 1.29 is 42.1 Å². The van der Waals surface area contributed by atoms with E-state index in [-0.39, 0.29) is 53.4 Å². The van der Waals surface area contributed by atoms with Crippen molar-refractivity contribution in [1.29, 1.82) is 0 Å². The zero-order valence-electron chi connectivity index (χ0n) is 28.4. The summed E-state index contributed by atoms with van der Waals surface area (Å²) in [6.07, 6.45) is 2.01. The maximum Gasteiger partial charge on any atom is 0.435 e. The van der Waals surface area contributed by atoms with Gasteiger partial charge in [0.25, 0.3) is 0 Å². The Morgan fingerprint density at radius 2 is 1.94 bits per heavy atom. The summed E-state index contributed by atoms with van der Waals surface area (Å²) in [6, 6.07) is 5.42. The van der Waals surface area contributed by atoms with Gasteiger partial charge in [0, 0.05) is 37.2 Å². The number of fused-ring (bicyclic) bond motifs is 1. The van der Waals surface area contributed by atoms with Crippen LogP contribution in [0.1, 0.15) is 56.7 Å². The molecule has 3 aromatic rings. The number of ether oxygens (including phenoxy) is 2. The van der Waals surface area contributed by atoms with Crippen LogP contribution in [0.4, 0.5) is 13.2 Å². The number of allylic oxidation sites excluding steroid dienone is 1. The Hall–Kier alpha value is -4.43. The lowest BCUT2D eigenvalue weighted by Gasteiger charge is -2.26. The van der Waals surface area contributed by atoms with Crippen LogP contribution in [0.3, 0.4) is 0 Å². The largest absolute Gasteiger partial charge is 0.490 e. The maximum atomic E-state index is 14.0. The second-order valence-electron chi connectivity index (χ2n) is 12.9. The van der Waals surface area contributed by atoms with Gasteiger partial charge in [-0.05, 0) is 63.1 Å². The average Bonchev–Trinajstić information content (AvgIpc) is 3.39. The van der Waals surface area contributed by atoms with Gasteiger partial charge in [-0.25, -0.2) is 14.5 Å². The van der Waals surface area contributed by atoms with E-state index in [1.165, 1.54) is 6.07 Å². The van der Waals surface area contributed by atoms with Crippen molar-refractivity contribution in [1.82, 2.24) is 25.0 Å². The third-order valence-corrected chi connectivity index (χ3v) is 9.93. The number of hydrogen-bond donors (Lipinski definition) is 2. The van der Waals surface area contributed by atoms with E-state index in [4.69, 9.17) is 21.1 Å². The number of unbranched alkanes of at least 4 members (excludes halogenated alkanes) is 2. The highest BCUT2D eigenvalue weighted by atomic mass is 35.5. The fourth-order valence-electron chi connectivity index (χ4n) is 6.63. The summed E-state index contributed by atoms with van der Waals surface area (Å²) in [5.41, 5.74) is -1.91. The molecule has 2 aliphatic rings. The predicted octanol–water partition coefficient (Wildman–Crippen LogP) is 5.80. The third kappa shape index (κ3) is 7.91. The van der Waals surface area contributed by atoms with Crippen LogP contribution in [0.15, 0.2) is 55.8 Å². The van der Waals surface area contributed by atoms with E-state index < -0.39 is 53.8 Å². The normalized spacial score (nSPS) is 22.7. The third-order valence-electron chi connectivity index (χ3n) is 9.51. The first-order valence-corrected chi connectivity index (χ1v) is 17.2. The van der Waals surface area contributed by atoms with Crippen LogP contribution in [0.5, 0.6) is 5.75 Å². The number of nitrogens with one attached hydrogen (secondary N) is 1. The van der Waals surface area contributed by atoms with Crippen LogP contribution >= 0.6 is 11.6 Å². The number of aromatic nitrogens is 3. The Labute approximate surface area is 298 Å². The van der Waals surface area contributed by atoms with Crippen molar-refractivity contribution >= 4 is 40.3 Å². The fraction of sp³-hybridized carbons (Fsp3) is 0.472. The smallest absolute Gasteiger partial charge is 0.435 e. The van der Waals surface area contributed by atoms with Gasteiger partial charge >= 0.3 is 12.1 Å². The highest BCUT2D eigenvalue weighted by molar-refractivity contribution is 6.36. The molecule has 0 bridgehead atoms. The number of halogens is 4. The van der Waals surface area contributed by atoms with Crippen LogP contribution < -0.4 is 10.1 Å². The lowest BCUT2D eigenvalue weighted by atomic mass is 9.93. The molecule has 0 saturated heterocycles. The number of alkyl halides is 3. The maximum absolute atomic E-state index is 14.0. The molecule has 2 saturated carbocycles. The Balaban J connectivity index is 1.48. The molecule has 274 valence electrons. The van der Waals surface area contributed by atoms with Crippen molar-refractivity contribution in [2.24, 2.45) is 17.8 Å². The molecule has 1 aromatic carbocycles. The quantitative estimate of drug-likeness (QED) is 0.114. The monoisotopic (exact) mass is 731 g/mol. The zero-order chi connectivity index (χ0) is 37.1. The number of pyridine rings is 1. The van der Waals surface area contributed by atoms with Crippen LogP contribution in [0.25, 0.3) is 16.7 Å². The van der Waals surface area contributed by atoms with E-state index in [9.17, 15) is 32.7 Å². The molecule has 0 aliphatic heterocycles. The molecular formula is C36H41ClF3N5O6. The summed E-state index contributed by atoms with van der Waals surface area (Å²) in [7, 11) is 1.68. The van der Waals surface area contributed by atoms with Gasteiger partial charge in [0.1, 0.15) is 17.4 Å². The van der Waals surface area contributed by atoms with E-state index in [0.717, 1.165) is 36.2 Å². The zero-order valence-corrected chi connectivity index (χ0v) is 29.2. The van der Waals surface area contributed by atoms with Crippen LogP contribution in [-0.4, -0.2) is 74.4 Å². The van der Waals surface area contributed by atoms with Crippen LogP contribution in [0.2, 0.25) is 5.02 Å². The molecule has 0 radical (unpaired) electrons. The van der Waals surface area contributed by atoms with E-state index in [1.807, 2.05) is 6.08 Å². The number of amides is 2. The molecule has 2 aromatic heterocycles. The average molecular weight is 732 g/mol. The van der Waals surface area contributed by atoms with E-state index >= 15 is 0 Å². The molecule has 5 rings (SSSR count). The van der Waals surface area contributed by atoms with Crippen molar-refractivity contribution in [3.05, 3.63) is 72.1 Å². The van der Waals surface area contributed by atoms with Gasteiger partial charge in [-0.3, -0.25) is 9.59 Å². The minimum atomic E-state index is -4.69. The van der Waals surface area contributed by atoms with Crippen molar-refractivity contribution in [2.45, 2.75) is 69.9 Å². The molecule has 2 N–H and O–H groups in total. The van der Waals surface area contributed by atoms with Crippen molar-refractivity contribution in [3.63, 3.8) is 0 Å². The fourth-order valence-corrected chi connectivity index (χ4v) is 6.90. The van der Waals surface area contributed by atoms with Gasteiger partial charge in [-0.1, -0.05) is 29.8 Å². The highest BCUT2D eigenvalue weighted by Gasteiger charge is 2.62. The Morgan fingerprint density at radius 1 is 1.20 bits per heavy atom.